The largest absolute Gasteiger partial charge is 0.465 e. The lowest BCUT2D eigenvalue weighted by molar-refractivity contribution is -0.150. The predicted octanol–water partition coefficient (Wildman–Crippen LogP) is 2.76. The number of para-hydroxylation sites is 1. The molecule has 0 aliphatic heterocycles. The number of furan rings is 1. The summed E-state index contributed by atoms with van der Waals surface area (Å²) in [6.45, 7) is 0.866. The molecular formula is C26H26N2O7. The number of hydrogen-bond donors (Lipinski definition) is 1. The van der Waals surface area contributed by atoms with E-state index >= 15 is 0 Å². The first kappa shape index (κ1) is 25.2. The van der Waals surface area contributed by atoms with E-state index in [9.17, 15) is 19.2 Å². The molecule has 2 aromatic carbocycles. The minimum absolute atomic E-state index is 0.0385. The zero-order valence-corrected chi connectivity index (χ0v) is 19.2. The lowest BCUT2D eigenvalue weighted by Gasteiger charge is -2.23. The molecule has 0 aliphatic carbocycles. The Morgan fingerprint density at radius 1 is 0.914 bits per heavy atom. The second-order valence-corrected chi connectivity index (χ2v) is 7.42. The fourth-order valence-corrected chi connectivity index (χ4v) is 3.26. The van der Waals surface area contributed by atoms with Gasteiger partial charge >= 0.3 is 11.9 Å². The highest BCUT2D eigenvalue weighted by molar-refractivity contribution is 5.99. The predicted molar refractivity (Wildman–Crippen MR) is 126 cm³/mol. The molecule has 1 aromatic heterocycles. The van der Waals surface area contributed by atoms with Gasteiger partial charge in [0, 0.05) is 12.1 Å². The molecule has 9 nitrogen and oxygen atoms in total. The summed E-state index contributed by atoms with van der Waals surface area (Å²) in [6.07, 6.45) is 1.49. The molecule has 3 aromatic rings. The Hall–Kier alpha value is -4.40. The maximum Gasteiger partial charge on any atom is 0.329 e. The van der Waals surface area contributed by atoms with E-state index in [4.69, 9.17) is 13.9 Å². The molecule has 182 valence electrons. The minimum Gasteiger partial charge on any atom is -0.465 e. The van der Waals surface area contributed by atoms with Crippen molar-refractivity contribution in [3.63, 3.8) is 0 Å². The van der Waals surface area contributed by atoms with Crippen LogP contribution in [0.5, 0.6) is 0 Å². The molecule has 2 amide bonds. The highest BCUT2D eigenvalue weighted by atomic mass is 16.5. The van der Waals surface area contributed by atoms with Crippen molar-refractivity contribution in [1.29, 1.82) is 0 Å². The summed E-state index contributed by atoms with van der Waals surface area (Å²) < 4.78 is 15.3. The van der Waals surface area contributed by atoms with E-state index in [1.54, 1.807) is 55.5 Å². The van der Waals surface area contributed by atoms with E-state index in [0.717, 1.165) is 5.56 Å². The van der Waals surface area contributed by atoms with Crippen LogP contribution in [0.1, 0.15) is 23.0 Å². The number of ether oxygens (including phenoxy) is 2. The van der Waals surface area contributed by atoms with Crippen LogP contribution in [0.4, 0.5) is 5.69 Å². The number of amides is 2. The van der Waals surface area contributed by atoms with Crippen LogP contribution in [0.2, 0.25) is 0 Å². The molecule has 0 radical (unpaired) electrons. The summed E-state index contributed by atoms with van der Waals surface area (Å²) in [5, 5.41) is 2.60. The van der Waals surface area contributed by atoms with Gasteiger partial charge in [0.25, 0.3) is 11.8 Å². The van der Waals surface area contributed by atoms with Crippen molar-refractivity contribution in [2.24, 2.45) is 0 Å². The third kappa shape index (κ3) is 7.56. The molecule has 0 fully saturated rings. The number of benzene rings is 2. The standard InChI is InChI=1S/C26H26N2O7/c1-2-33-24(30)17-28(20-12-7-4-8-13-20)23(29)18-35-26(32)21(16-19-10-5-3-6-11-19)27-25(31)22-14-9-15-34-22/h3-15,21H,2,16-18H2,1H3,(H,27,31). The highest BCUT2D eigenvalue weighted by Gasteiger charge is 2.27. The molecule has 0 spiro atoms. The Labute approximate surface area is 202 Å². The van der Waals surface area contributed by atoms with Crippen molar-refractivity contribution < 1.29 is 33.1 Å². The Kier molecular flexibility index (Phi) is 9.18. The molecule has 1 N–H and O–H groups in total. The van der Waals surface area contributed by atoms with Gasteiger partial charge < -0.3 is 19.2 Å². The number of anilines is 1. The minimum atomic E-state index is -1.07. The second-order valence-electron chi connectivity index (χ2n) is 7.42. The molecule has 1 heterocycles. The lowest BCUT2D eigenvalue weighted by Crippen LogP contribution is -2.45. The van der Waals surface area contributed by atoms with Crippen molar-refractivity contribution in [2.75, 3.05) is 24.7 Å². The van der Waals surface area contributed by atoms with E-state index in [-0.39, 0.29) is 25.3 Å². The summed E-state index contributed by atoms with van der Waals surface area (Å²) in [5.74, 6) is -2.56. The maximum absolute atomic E-state index is 12.9. The van der Waals surface area contributed by atoms with Crippen molar-refractivity contribution in [3.05, 3.63) is 90.4 Å². The molecular weight excluding hydrogens is 452 g/mol. The first-order valence-corrected chi connectivity index (χ1v) is 11.0. The zero-order valence-electron chi connectivity index (χ0n) is 19.2. The van der Waals surface area contributed by atoms with Crippen LogP contribution in [-0.4, -0.2) is 49.6 Å². The number of carbonyl (C=O) groups is 4. The van der Waals surface area contributed by atoms with Crippen molar-refractivity contribution in [1.82, 2.24) is 5.32 Å². The molecule has 35 heavy (non-hydrogen) atoms. The number of nitrogens with one attached hydrogen (secondary N) is 1. The molecule has 0 aliphatic rings. The quantitative estimate of drug-likeness (QED) is 0.422. The summed E-state index contributed by atoms with van der Waals surface area (Å²) in [6, 6.07) is 19.5. The van der Waals surface area contributed by atoms with Crippen LogP contribution in [0.3, 0.4) is 0 Å². The Balaban J connectivity index is 1.70. The summed E-state index contributed by atoms with van der Waals surface area (Å²) >= 11 is 0. The average Bonchev–Trinajstić information content (AvgIpc) is 3.42. The van der Waals surface area contributed by atoms with E-state index in [1.165, 1.54) is 17.2 Å². The average molecular weight is 479 g/mol. The number of carbonyl (C=O) groups excluding carboxylic acids is 4. The van der Waals surface area contributed by atoms with Gasteiger partial charge in [-0.05, 0) is 36.8 Å². The van der Waals surface area contributed by atoms with Gasteiger partial charge in [0.1, 0.15) is 12.6 Å². The number of hydrogen-bond acceptors (Lipinski definition) is 7. The molecule has 0 bridgehead atoms. The highest BCUT2D eigenvalue weighted by Crippen LogP contribution is 2.14. The normalized spacial score (nSPS) is 11.2. The van der Waals surface area contributed by atoms with E-state index < -0.39 is 36.4 Å². The zero-order chi connectivity index (χ0) is 25.0. The van der Waals surface area contributed by atoms with Crippen LogP contribution >= 0.6 is 0 Å². The fourth-order valence-electron chi connectivity index (χ4n) is 3.26. The lowest BCUT2D eigenvalue weighted by atomic mass is 10.1. The van der Waals surface area contributed by atoms with Gasteiger partial charge in [-0.15, -0.1) is 0 Å². The summed E-state index contributed by atoms with van der Waals surface area (Å²) in [5.41, 5.74) is 1.24. The van der Waals surface area contributed by atoms with E-state index in [0.29, 0.717) is 5.69 Å². The van der Waals surface area contributed by atoms with Gasteiger partial charge in [-0.25, -0.2) is 4.79 Å². The van der Waals surface area contributed by atoms with Gasteiger partial charge in [-0.2, -0.15) is 0 Å². The van der Waals surface area contributed by atoms with Crippen LogP contribution in [0.25, 0.3) is 0 Å². The monoisotopic (exact) mass is 478 g/mol. The Morgan fingerprint density at radius 3 is 2.23 bits per heavy atom. The Bertz CT molecular complexity index is 1120. The topological polar surface area (TPSA) is 115 Å². The van der Waals surface area contributed by atoms with Gasteiger partial charge in [-0.3, -0.25) is 19.3 Å². The molecule has 1 unspecified atom stereocenters. The fraction of sp³-hybridized carbons (Fsp3) is 0.231. The maximum atomic E-state index is 12.9. The second kappa shape index (κ2) is 12.7. The molecule has 3 rings (SSSR count). The third-order valence-corrected chi connectivity index (χ3v) is 4.92. The van der Waals surface area contributed by atoms with E-state index in [1.807, 2.05) is 18.2 Å². The van der Waals surface area contributed by atoms with Crippen LogP contribution in [0, 0.1) is 0 Å². The summed E-state index contributed by atoms with van der Waals surface area (Å²) in [7, 11) is 0. The molecule has 0 saturated carbocycles. The van der Waals surface area contributed by atoms with Gasteiger partial charge in [0.05, 0.1) is 12.9 Å². The number of nitrogens with zero attached hydrogens (tertiary/aromatic N) is 1. The molecule has 1 atom stereocenters. The van der Waals surface area contributed by atoms with Gasteiger partial charge in [-0.1, -0.05) is 48.5 Å². The van der Waals surface area contributed by atoms with Crippen molar-refractivity contribution in [2.45, 2.75) is 19.4 Å². The third-order valence-electron chi connectivity index (χ3n) is 4.92. The van der Waals surface area contributed by atoms with Crippen molar-refractivity contribution in [3.8, 4) is 0 Å². The summed E-state index contributed by atoms with van der Waals surface area (Å²) in [4.78, 5) is 51.5. The SMILES string of the molecule is CCOC(=O)CN(C(=O)COC(=O)C(Cc1ccccc1)NC(=O)c1ccco1)c1ccccc1. The van der Waals surface area contributed by atoms with E-state index in [2.05, 4.69) is 5.32 Å². The first-order valence-electron chi connectivity index (χ1n) is 11.0. The van der Waals surface area contributed by atoms with Gasteiger partial charge in [0.2, 0.25) is 0 Å². The van der Waals surface area contributed by atoms with Crippen LogP contribution < -0.4 is 10.2 Å². The first-order chi connectivity index (χ1) is 17.0. The number of esters is 2. The van der Waals surface area contributed by atoms with Crippen LogP contribution in [-0.2, 0) is 30.3 Å². The smallest absolute Gasteiger partial charge is 0.329 e. The molecule has 9 heteroatoms. The number of rotatable bonds is 11. The Morgan fingerprint density at radius 2 is 1.60 bits per heavy atom. The molecule has 0 saturated heterocycles. The van der Waals surface area contributed by atoms with Crippen LogP contribution in [0.15, 0.2) is 83.5 Å². The van der Waals surface area contributed by atoms with Crippen molar-refractivity contribution >= 4 is 29.4 Å². The van der Waals surface area contributed by atoms with Gasteiger partial charge in [0.15, 0.2) is 12.4 Å².